The molecule has 4 aliphatic rings. The van der Waals surface area contributed by atoms with E-state index in [4.69, 9.17) is 10.6 Å². The molecule has 5 nitrogen and oxygen atoms in total. The van der Waals surface area contributed by atoms with Gasteiger partial charge in [0, 0.05) is 5.41 Å². The van der Waals surface area contributed by atoms with Gasteiger partial charge in [0.15, 0.2) is 0 Å². The van der Waals surface area contributed by atoms with Crippen LogP contribution in [0.1, 0.15) is 38.5 Å². The molecule has 1 heterocycles. The maximum absolute atomic E-state index is 11.9. The van der Waals surface area contributed by atoms with Crippen molar-refractivity contribution in [3.63, 3.8) is 0 Å². The highest BCUT2D eigenvalue weighted by Gasteiger charge is 2.51. The number of aromatic nitrogens is 2. The van der Waals surface area contributed by atoms with Gasteiger partial charge in [-0.3, -0.25) is 4.79 Å². The van der Waals surface area contributed by atoms with Crippen molar-refractivity contribution in [1.29, 1.82) is 0 Å². The van der Waals surface area contributed by atoms with Crippen LogP contribution < -0.4 is 16.1 Å². The SMILES string of the molecule is Nc1cncn(OCC23CC4CC(CC(C4)C2)C3)c1=O. The molecule has 0 radical (unpaired) electrons. The molecule has 0 atom stereocenters. The molecule has 5 heteroatoms. The summed E-state index contributed by atoms with van der Waals surface area (Å²) in [7, 11) is 0. The Morgan fingerprint density at radius 1 is 1.25 bits per heavy atom. The summed E-state index contributed by atoms with van der Waals surface area (Å²) in [6, 6.07) is 0. The Hall–Kier alpha value is -1.52. The molecule has 20 heavy (non-hydrogen) atoms. The first-order valence-corrected chi connectivity index (χ1v) is 7.59. The molecule has 108 valence electrons. The predicted molar refractivity (Wildman–Crippen MR) is 75.0 cm³/mol. The van der Waals surface area contributed by atoms with Gasteiger partial charge in [-0.05, 0) is 56.3 Å². The van der Waals surface area contributed by atoms with Gasteiger partial charge < -0.3 is 10.6 Å². The summed E-state index contributed by atoms with van der Waals surface area (Å²) >= 11 is 0. The average Bonchev–Trinajstić information content (AvgIpc) is 2.39. The molecule has 1 aromatic rings. The number of anilines is 1. The summed E-state index contributed by atoms with van der Waals surface area (Å²) in [5.74, 6) is 2.67. The van der Waals surface area contributed by atoms with Gasteiger partial charge in [0.25, 0.3) is 0 Å². The largest absolute Gasteiger partial charge is 0.409 e. The number of hydrogen-bond acceptors (Lipinski definition) is 4. The van der Waals surface area contributed by atoms with Crippen molar-refractivity contribution in [1.82, 2.24) is 9.71 Å². The fourth-order valence-electron chi connectivity index (χ4n) is 5.17. The fraction of sp³-hybridized carbons (Fsp3) is 0.733. The maximum atomic E-state index is 11.9. The highest BCUT2D eigenvalue weighted by Crippen LogP contribution is 2.59. The van der Waals surface area contributed by atoms with E-state index >= 15 is 0 Å². The van der Waals surface area contributed by atoms with Crippen LogP contribution in [0.3, 0.4) is 0 Å². The smallest absolute Gasteiger partial charge is 0.309 e. The molecular formula is C15H21N3O2. The van der Waals surface area contributed by atoms with Gasteiger partial charge in [-0.2, -0.15) is 0 Å². The van der Waals surface area contributed by atoms with Crippen LogP contribution in [0.25, 0.3) is 0 Å². The van der Waals surface area contributed by atoms with E-state index in [0.717, 1.165) is 17.8 Å². The van der Waals surface area contributed by atoms with Crippen LogP contribution in [0.2, 0.25) is 0 Å². The third-order valence-corrected chi connectivity index (χ3v) is 5.51. The topological polar surface area (TPSA) is 70.1 Å². The molecule has 2 N–H and O–H groups in total. The second-order valence-electron chi connectivity index (χ2n) is 7.17. The minimum absolute atomic E-state index is 0.137. The Morgan fingerprint density at radius 3 is 2.45 bits per heavy atom. The van der Waals surface area contributed by atoms with Crippen LogP contribution in [0, 0.1) is 23.2 Å². The molecular weight excluding hydrogens is 254 g/mol. The summed E-state index contributed by atoms with van der Waals surface area (Å²) in [6.07, 6.45) is 10.8. The third kappa shape index (κ3) is 1.91. The van der Waals surface area contributed by atoms with Crippen LogP contribution in [-0.2, 0) is 0 Å². The quantitative estimate of drug-likeness (QED) is 0.907. The molecule has 5 rings (SSSR count). The van der Waals surface area contributed by atoms with Crippen molar-refractivity contribution < 1.29 is 4.84 Å². The van der Waals surface area contributed by atoms with Crippen molar-refractivity contribution in [2.45, 2.75) is 38.5 Å². The van der Waals surface area contributed by atoms with Crippen LogP contribution in [-0.4, -0.2) is 16.3 Å². The molecule has 0 aliphatic heterocycles. The standard InChI is InChI=1S/C15H21N3O2/c16-13-7-17-9-18(14(13)19)20-8-15-4-10-1-11(5-15)3-12(2-10)6-15/h7,9-12H,1-6,8,16H2. The van der Waals surface area contributed by atoms with E-state index in [1.54, 1.807) is 0 Å². The number of nitrogens with zero attached hydrogens (tertiary/aromatic N) is 2. The zero-order valence-corrected chi connectivity index (χ0v) is 11.6. The predicted octanol–water partition coefficient (Wildman–Crippen LogP) is 1.47. The Bertz CT molecular complexity index is 545. The zero-order valence-electron chi connectivity index (χ0n) is 11.6. The summed E-state index contributed by atoms with van der Waals surface area (Å²) in [5.41, 5.74) is 5.71. The number of hydrogen-bond donors (Lipinski definition) is 1. The maximum Gasteiger partial charge on any atom is 0.309 e. The van der Waals surface area contributed by atoms with E-state index < -0.39 is 0 Å². The monoisotopic (exact) mass is 275 g/mol. The normalized spacial score (nSPS) is 38.1. The van der Waals surface area contributed by atoms with E-state index in [2.05, 4.69) is 4.98 Å². The third-order valence-electron chi connectivity index (χ3n) is 5.51. The van der Waals surface area contributed by atoms with Crippen molar-refractivity contribution in [3.8, 4) is 0 Å². The number of nitrogen functional groups attached to an aromatic ring is 1. The fourth-order valence-corrected chi connectivity index (χ4v) is 5.17. The zero-order chi connectivity index (χ0) is 13.7. The first kappa shape index (κ1) is 12.2. The lowest BCUT2D eigenvalue weighted by molar-refractivity contribution is -0.0996. The Morgan fingerprint density at radius 2 is 1.85 bits per heavy atom. The van der Waals surface area contributed by atoms with Gasteiger partial charge in [-0.15, -0.1) is 4.73 Å². The second kappa shape index (κ2) is 4.24. The second-order valence-corrected chi connectivity index (χ2v) is 7.17. The molecule has 4 bridgehead atoms. The first-order chi connectivity index (χ1) is 9.63. The van der Waals surface area contributed by atoms with Crippen molar-refractivity contribution in [2.75, 3.05) is 12.3 Å². The highest BCUT2D eigenvalue weighted by atomic mass is 16.7. The summed E-state index contributed by atoms with van der Waals surface area (Å²) < 4.78 is 1.20. The molecule has 0 amide bonds. The Kier molecular flexibility index (Phi) is 2.59. The number of nitrogens with two attached hydrogens (primary N) is 1. The van der Waals surface area contributed by atoms with Crippen LogP contribution in [0.5, 0.6) is 0 Å². The summed E-state index contributed by atoms with van der Waals surface area (Å²) in [4.78, 5) is 21.5. The van der Waals surface area contributed by atoms with E-state index in [-0.39, 0.29) is 11.2 Å². The van der Waals surface area contributed by atoms with Gasteiger partial charge in [0.1, 0.15) is 18.6 Å². The van der Waals surface area contributed by atoms with Gasteiger partial charge in [0.05, 0.1) is 6.20 Å². The van der Waals surface area contributed by atoms with Crippen molar-refractivity contribution in [3.05, 3.63) is 22.9 Å². The van der Waals surface area contributed by atoms with Gasteiger partial charge >= 0.3 is 5.56 Å². The lowest BCUT2D eigenvalue weighted by Crippen LogP contribution is -2.50. The highest BCUT2D eigenvalue weighted by molar-refractivity contribution is 5.29. The van der Waals surface area contributed by atoms with Gasteiger partial charge in [-0.1, -0.05) is 0 Å². The van der Waals surface area contributed by atoms with Crippen LogP contribution >= 0.6 is 0 Å². The van der Waals surface area contributed by atoms with E-state index in [1.807, 2.05) is 0 Å². The molecule has 4 fully saturated rings. The molecule has 4 saturated carbocycles. The average molecular weight is 275 g/mol. The van der Waals surface area contributed by atoms with E-state index in [1.165, 1.54) is 55.8 Å². The molecule has 0 aromatic carbocycles. The summed E-state index contributed by atoms with van der Waals surface area (Å²) in [5, 5.41) is 0. The molecule has 1 aromatic heterocycles. The molecule has 0 unspecified atom stereocenters. The first-order valence-electron chi connectivity index (χ1n) is 7.59. The Balaban J connectivity index is 1.52. The van der Waals surface area contributed by atoms with Crippen LogP contribution in [0.4, 0.5) is 5.69 Å². The summed E-state index contributed by atoms with van der Waals surface area (Å²) in [6.45, 7) is 0.627. The molecule has 0 spiro atoms. The lowest BCUT2D eigenvalue weighted by atomic mass is 9.50. The van der Waals surface area contributed by atoms with Crippen molar-refractivity contribution >= 4 is 5.69 Å². The lowest BCUT2D eigenvalue weighted by Gasteiger charge is -2.56. The van der Waals surface area contributed by atoms with Gasteiger partial charge in [0.2, 0.25) is 0 Å². The van der Waals surface area contributed by atoms with Crippen LogP contribution in [0.15, 0.2) is 17.3 Å². The minimum Gasteiger partial charge on any atom is -0.409 e. The Labute approximate surface area is 118 Å². The number of rotatable bonds is 3. The van der Waals surface area contributed by atoms with Gasteiger partial charge in [-0.25, -0.2) is 4.98 Å². The van der Waals surface area contributed by atoms with Crippen molar-refractivity contribution in [2.24, 2.45) is 23.2 Å². The molecule has 0 saturated heterocycles. The minimum atomic E-state index is -0.301. The van der Waals surface area contributed by atoms with E-state index in [0.29, 0.717) is 12.0 Å². The van der Waals surface area contributed by atoms with E-state index in [9.17, 15) is 4.79 Å². The molecule has 4 aliphatic carbocycles.